The van der Waals surface area contributed by atoms with Gasteiger partial charge in [-0.1, -0.05) is 6.07 Å². The van der Waals surface area contributed by atoms with Crippen LogP contribution in [0, 0.1) is 10.1 Å². The second-order valence-electron chi connectivity index (χ2n) is 4.26. The van der Waals surface area contributed by atoms with Crippen molar-refractivity contribution in [1.82, 2.24) is 10.2 Å². The smallest absolute Gasteiger partial charge is 0.320 e. The number of methoxy groups -OCH3 is 1. The molecular weight excluding hydrogens is 274 g/mol. The maximum atomic E-state index is 11.3. The highest BCUT2D eigenvalue weighted by Crippen LogP contribution is 2.37. The molecule has 0 fully saturated rings. The number of nitrogens with one attached hydrogen (secondary N) is 1. The van der Waals surface area contributed by atoms with Gasteiger partial charge in [-0.05, 0) is 30.3 Å². The van der Waals surface area contributed by atoms with Crippen LogP contribution in [-0.4, -0.2) is 22.2 Å². The molecule has 106 valence electrons. The van der Waals surface area contributed by atoms with E-state index in [0.29, 0.717) is 22.7 Å². The van der Waals surface area contributed by atoms with Gasteiger partial charge in [-0.3, -0.25) is 15.2 Å². The number of hydrogen-bond acceptors (Lipinski definition) is 5. The van der Waals surface area contributed by atoms with E-state index in [1.165, 1.54) is 7.11 Å². The van der Waals surface area contributed by atoms with Crippen LogP contribution < -0.4 is 4.74 Å². The van der Waals surface area contributed by atoms with E-state index >= 15 is 0 Å². The molecule has 3 aromatic rings. The van der Waals surface area contributed by atoms with Crippen LogP contribution in [0.4, 0.5) is 5.69 Å². The standard InChI is InChI=1S/C14H11N3O4/c1-20-13-5-2-4-9(14(13)17(18)19)10-8-11(16-15-10)12-6-3-7-21-12/h2-8H,1H3,(H,15,16). The first-order valence-corrected chi connectivity index (χ1v) is 6.11. The van der Waals surface area contributed by atoms with Gasteiger partial charge in [0.25, 0.3) is 0 Å². The van der Waals surface area contributed by atoms with Crippen molar-refractivity contribution in [2.75, 3.05) is 7.11 Å². The van der Waals surface area contributed by atoms with E-state index in [2.05, 4.69) is 10.2 Å². The summed E-state index contributed by atoms with van der Waals surface area (Å²) in [5.74, 6) is 0.805. The van der Waals surface area contributed by atoms with Crippen LogP contribution in [0.5, 0.6) is 5.75 Å². The Labute approximate surface area is 119 Å². The highest BCUT2D eigenvalue weighted by atomic mass is 16.6. The van der Waals surface area contributed by atoms with E-state index in [0.717, 1.165) is 0 Å². The Bertz CT molecular complexity index is 777. The average Bonchev–Trinajstić information content (AvgIpc) is 3.16. The first-order chi connectivity index (χ1) is 10.2. The molecule has 7 heteroatoms. The zero-order chi connectivity index (χ0) is 14.8. The quantitative estimate of drug-likeness (QED) is 0.586. The number of nitro groups is 1. The molecule has 0 saturated carbocycles. The predicted octanol–water partition coefficient (Wildman–Crippen LogP) is 3.25. The van der Waals surface area contributed by atoms with Crippen molar-refractivity contribution >= 4 is 5.69 Å². The Morgan fingerprint density at radius 1 is 1.33 bits per heavy atom. The molecule has 0 amide bonds. The Hall–Kier alpha value is -3.09. The minimum Gasteiger partial charge on any atom is -0.490 e. The summed E-state index contributed by atoms with van der Waals surface area (Å²) in [6.07, 6.45) is 1.55. The predicted molar refractivity (Wildman–Crippen MR) is 74.9 cm³/mol. The molecule has 0 spiro atoms. The molecule has 2 heterocycles. The first kappa shape index (κ1) is 12.9. The molecule has 0 radical (unpaired) electrons. The molecule has 21 heavy (non-hydrogen) atoms. The van der Waals surface area contributed by atoms with Crippen molar-refractivity contribution in [2.45, 2.75) is 0 Å². The molecule has 0 unspecified atom stereocenters. The van der Waals surface area contributed by atoms with Crippen molar-refractivity contribution in [1.29, 1.82) is 0 Å². The first-order valence-electron chi connectivity index (χ1n) is 6.11. The van der Waals surface area contributed by atoms with Gasteiger partial charge in [-0.2, -0.15) is 5.10 Å². The maximum Gasteiger partial charge on any atom is 0.320 e. The molecular formula is C14H11N3O4. The molecule has 0 aliphatic rings. The third-order valence-electron chi connectivity index (χ3n) is 3.04. The number of benzene rings is 1. The molecule has 7 nitrogen and oxygen atoms in total. The summed E-state index contributed by atoms with van der Waals surface area (Å²) in [5, 5.41) is 18.2. The van der Waals surface area contributed by atoms with E-state index in [4.69, 9.17) is 9.15 Å². The minimum absolute atomic E-state index is 0.113. The number of aromatic nitrogens is 2. The van der Waals surface area contributed by atoms with Gasteiger partial charge in [0.2, 0.25) is 0 Å². The van der Waals surface area contributed by atoms with Crippen LogP contribution in [0.3, 0.4) is 0 Å². The largest absolute Gasteiger partial charge is 0.490 e. The second kappa shape index (κ2) is 5.12. The van der Waals surface area contributed by atoms with Gasteiger partial charge in [-0.25, -0.2) is 0 Å². The molecule has 0 bridgehead atoms. The molecule has 0 aliphatic heterocycles. The summed E-state index contributed by atoms with van der Waals surface area (Å²) >= 11 is 0. The Balaban J connectivity index is 2.11. The molecule has 3 rings (SSSR count). The Kier molecular flexibility index (Phi) is 3.15. The third kappa shape index (κ3) is 2.25. The van der Waals surface area contributed by atoms with E-state index in [9.17, 15) is 10.1 Å². The summed E-state index contributed by atoms with van der Waals surface area (Å²) in [6.45, 7) is 0. The molecule has 0 aliphatic carbocycles. The van der Waals surface area contributed by atoms with Gasteiger partial charge in [0.05, 0.1) is 29.6 Å². The topological polar surface area (TPSA) is 94.2 Å². The number of nitrogens with zero attached hydrogens (tertiary/aromatic N) is 2. The summed E-state index contributed by atoms with van der Waals surface area (Å²) in [4.78, 5) is 10.8. The summed E-state index contributed by atoms with van der Waals surface area (Å²) < 4.78 is 10.3. The zero-order valence-electron chi connectivity index (χ0n) is 11.1. The SMILES string of the molecule is COc1cccc(-c2cc(-c3ccco3)[nH]n2)c1[N+](=O)[O-]. The summed E-state index contributed by atoms with van der Waals surface area (Å²) in [5.41, 5.74) is 1.37. The van der Waals surface area contributed by atoms with Gasteiger partial charge < -0.3 is 9.15 Å². The Morgan fingerprint density at radius 2 is 2.19 bits per heavy atom. The third-order valence-corrected chi connectivity index (χ3v) is 3.04. The van der Waals surface area contributed by atoms with Crippen molar-refractivity contribution in [2.24, 2.45) is 0 Å². The minimum atomic E-state index is -0.477. The van der Waals surface area contributed by atoms with Gasteiger partial charge in [0.1, 0.15) is 5.69 Å². The number of furan rings is 1. The van der Waals surface area contributed by atoms with Gasteiger partial charge in [0.15, 0.2) is 11.5 Å². The summed E-state index contributed by atoms with van der Waals surface area (Å²) in [6, 6.07) is 10.1. The van der Waals surface area contributed by atoms with Crippen LogP contribution in [0.25, 0.3) is 22.7 Å². The number of para-hydroxylation sites is 1. The fourth-order valence-electron chi connectivity index (χ4n) is 2.10. The molecule has 0 atom stereocenters. The normalized spacial score (nSPS) is 10.5. The monoisotopic (exact) mass is 285 g/mol. The van der Waals surface area contributed by atoms with Crippen molar-refractivity contribution in [3.8, 4) is 28.5 Å². The second-order valence-corrected chi connectivity index (χ2v) is 4.26. The molecule has 0 saturated heterocycles. The summed E-state index contributed by atoms with van der Waals surface area (Å²) in [7, 11) is 1.39. The lowest BCUT2D eigenvalue weighted by molar-refractivity contribution is -0.385. The average molecular weight is 285 g/mol. The van der Waals surface area contributed by atoms with E-state index < -0.39 is 4.92 Å². The fourth-order valence-corrected chi connectivity index (χ4v) is 2.10. The lowest BCUT2D eigenvalue weighted by atomic mass is 10.1. The van der Waals surface area contributed by atoms with Gasteiger partial charge in [0, 0.05) is 0 Å². The number of H-pyrrole nitrogens is 1. The van der Waals surface area contributed by atoms with E-state index in [1.807, 2.05) is 0 Å². The highest BCUT2D eigenvalue weighted by molar-refractivity contribution is 5.77. The van der Waals surface area contributed by atoms with Crippen LogP contribution in [0.2, 0.25) is 0 Å². The Morgan fingerprint density at radius 3 is 2.86 bits per heavy atom. The van der Waals surface area contributed by atoms with Crippen molar-refractivity contribution in [3.05, 3.63) is 52.8 Å². The van der Waals surface area contributed by atoms with Gasteiger partial charge in [-0.15, -0.1) is 0 Å². The van der Waals surface area contributed by atoms with E-state index in [-0.39, 0.29) is 11.4 Å². The van der Waals surface area contributed by atoms with Crippen molar-refractivity contribution in [3.63, 3.8) is 0 Å². The number of nitro benzene ring substituents is 1. The van der Waals surface area contributed by atoms with Gasteiger partial charge >= 0.3 is 5.69 Å². The van der Waals surface area contributed by atoms with Crippen LogP contribution in [0.15, 0.2) is 47.1 Å². The number of rotatable bonds is 4. The molecule has 2 aromatic heterocycles. The van der Waals surface area contributed by atoms with Crippen LogP contribution >= 0.6 is 0 Å². The molecule has 1 N–H and O–H groups in total. The number of hydrogen-bond donors (Lipinski definition) is 1. The van der Waals surface area contributed by atoms with E-state index in [1.54, 1.807) is 42.7 Å². The molecule has 1 aromatic carbocycles. The lowest BCUT2D eigenvalue weighted by Crippen LogP contribution is -1.96. The van der Waals surface area contributed by atoms with Crippen LogP contribution in [-0.2, 0) is 0 Å². The highest BCUT2D eigenvalue weighted by Gasteiger charge is 2.23. The number of ether oxygens (including phenoxy) is 1. The number of aromatic amines is 1. The lowest BCUT2D eigenvalue weighted by Gasteiger charge is -2.04. The van der Waals surface area contributed by atoms with Crippen molar-refractivity contribution < 1.29 is 14.1 Å². The van der Waals surface area contributed by atoms with Crippen LogP contribution in [0.1, 0.15) is 0 Å². The maximum absolute atomic E-state index is 11.3. The zero-order valence-corrected chi connectivity index (χ0v) is 11.1. The fraction of sp³-hybridized carbons (Fsp3) is 0.0714.